The Morgan fingerprint density at radius 3 is 2.21 bits per heavy atom. The maximum atomic E-state index is 13.4. The maximum absolute atomic E-state index is 13.4. The molecule has 0 bridgehead atoms. The van der Waals surface area contributed by atoms with Crippen LogP contribution in [0.2, 0.25) is 0 Å². The van der Waals surface area contributed by atoms with Gasteiger partial charge < -0.3 is 5.32 Å². The van der Waals surface area contributed by atoms with Gasteiger partial charge in [-0.3, -0.25) is 9.10 Å². The minimum Gasteiger partial charge on any atom is -0.323 e. The zero-order valence-electron chi connectivity index (χ0n) is 17.5. The predicted octanol–water partition coefficient (Wildman–Crippen LogP) is 5.65. The molecule has 0 radical (unpaired) electrons. The smallest absolute Gasteiger partial charge is 0.265 e. The molecule has 1 aliphatic heterocycles. The summed E-state index contributed by atoms with van der Waals surface area (Å²) in [5.41, 5.74) is 2.57. The van der Waals surface area contributed by atoms with Crippen molar-refractivity contribution in [1.29, 1.82) is 0 Å². The lowest BCUT2D eigenvalue weighted by Crippen LogP contribution is -2.40. The average molecular weight is 473 g/mol. The Morgan fingerprint density at radius 1 is 0.758 bits per heavy atom. The van der Waals surface area contributed by atoms with Crippen molar-refractivity contribution in [3.63, 3.8) is 0 Å². The van der Waals surface area contributed by atoms with Gasteiger partial charge in [0.15, 0.2) is 0 Å². The van der Waals surface area contributed by atoms with Crippen molar-refractivity contribution in [3.05, 3.63) is 103 Å². The van der Waals surface area contributed by atoms with Gasteiger partial charge in [0.05, 0.1) is 16.3 Å². The summed E-state index contributed by atoms with van der Waals surface area (Å²) in [6, 6.07) is 31.5. The van der Waals surface area contributed by atoms with E-state index < -0.39 is 15.9 Å². The molecular weight excluding hydrogens is 452 g/mol. The Hall–Kier alpha value is -3.55. The Morgan fingerprint density at radius 2 is 1.39 bits per heavy atom. The van der Waals surface area contributed by atoms with Crippen molar-refractivity contribution in [3.8, 4) is 11.1 Å². The summed E-state index contributed by atoms with van der Waals surface area (Å²) in [7, 11) is -3.87. The molecule has 4 aromatic rings. The highest BCUT2D eigenvalue weighted by Gasteiger charge is 2.35. The first-order valence-corrected chi connectivity index (χ1v) is 12.6. The third-order valence-corrected chi connectivity index (χ3v) is 8.24. The van der Waals surface area contributed by atoms with E-state index in [-0.39, 0.29) is 11.4 Å². The number of carbonyl (C=O) groups excluding carboxylic acids is 1. The van der Waals surface area contributed by atoms with Crippen LogP contribution in [0.4, 0.5) is 11.4 Å². The predicted molar refractivity (Wildman–Crippen MR) is 132 cm³/mol. The molecule has 5 rings (SSSR count). The molecule has 0 atom stereocenters. The highest BCUT2D eigenvalue weighted by atomic mass is 32.2. The quantitative estimate of drug-likeness (QED) is 0.407. The summed E-state index contributed by atoms with van der Waals surface area (Å²) < 4.78 is 28.0. The van der Waals surface area contributed by atoms with Gasteiger partial charge in [0.25, 0.3) is 10.0 Å². The fourth-order valence-corrected chi connectivity index (χ4v) is 6.42. The van der Waals surface area contributed by atoms with Crippen LogP contribution < -0.4 is 9.62 Å². The fourth-order valence-electron chi connectivity index (χ4n) is 3.85. The van der Waals surface area contributed by atoms with Gasteiger partial charge in [0.1, 0.15) is 6.54 Å². The first-order chi connectivity index (χ1) is 16.0. The van der Waals surface area contributed by atoms with Crippen LogP contribution in [0.1, 0.15) is 0 Å². The first-order valence-electron chi connectivity index (χ1n) is 10.4. The SMILES string of the molecule is O=C(CN1c2ccccc2-c2ccccc2S1(=O)=O)Nc1ccccc1Sc1ccccc1. The number of hydrogen-bond donors (Lipinski definition) is 1. The number of para-hydroxylation sites is 2. The Balaban J connectivity index is 1.43. The van der Waals surface area contributed by atoms with E-state index in [1.165, 1.54) is 16.1 Å². The van der Waals surface area contributed by atoms with Crippen LogP contribution in [-0.2, 0) is 14.8 Å². The van der Waals surface area contributed by atoms with E-state index in [0.717, 1.165) is 15.4 Å². The summed E-state index contributed by atoms with van der Waals surface area (Å²) in [6.45, 7) is -0.321. The molecule has 1 amide bonds. The number of nitrogens with one attached hydrogen (secondary N) is 1. The topological polar surface area (TPSA) is 66.5 Å². The second-order valence-electron chi connectivity index (χ2n) is 7.48. The number of benzene rings is 4. The number of hydrogen-bond acceptors (Lipinski definition) is 4. The molecule has 0 saturated carbocycles. The average Bonchev–Trinajstić information content (AvgIpc) is 2.84. The second kappa shape index (κ2) is 8.77. The van der Waals surface area contributed by atoms with Crippen LogP contribution in [0, 0.1) is 0 Å². The molecule has 0 saturated heterocycles. The third kappa shape index (κ3) is 4.13. The summed E-state index contributed by atoms with van der Waals surface area (Å²) in [5, 5.41) is 2.90. The van der Waals surface area contributed by atoms with Crippen molar-refractivity contribution in [2.24, 2.45) is 0 Å². The van der Waals surface area contributed by atoms with E-state index in [0.29, 0.717) is 16.9 Å². The molecule has 0 fully saturated rings. The standard InChI is InChI=1S/C26H20N2O3S2/c29-26(27-22-14-6-8-16-24(22)32-19-10-2-1-3-11-19)18-28-23-15-7-4-12-20(23)21-13-5-9-17-25(21)33(28,30)31/h1-17H,18H2,(H,27,29). The molecule has 164 valence electrons. The van der Waals surface area contributed by atoms with Crippen LogP contribution in [0.5, 0.6) is 0 Å². The summed E-state index contributed by atoms with van der Waals surface area (Å²) in [5.74, 6) is -0.408. The molecular formula is C26H20N2O3S2. The molecule has 7 heteroatoms. The van der Waals surface area contributed by atoms with Crippen LogP contribution in [0.25, 0.3) is 11.1 Å². The Labute approximate surface area is 197 Å². The summed E-state index contributed by atoms with van der Waals surface area (Å²) in [6.07, 6.45) is 0. The van der Waals surface area contributed by atoms with Crippen LogP contribution in [0.3, 0.4) is 0 Å². The molecule has 33 heavy (non-hydrogen) atoms. The Bertz CT molecular complexity index is 1440. The van der Waals surface area contributed by atoms with Crippen LogP contribution >= 0.6 is 11.8 Å². The summed E-state index contributed by atoms with van der Waals surface area (Å²) in [4.78, 5) is 15.2. The lowest BCUT2D eigenvalue weighted by Gasteiger charge is -2.31. The maximum Gasteiger partial charge on any atom is 0.265 e. The first kappa shape index (κ1) is 21.3. The van der Waals surface area contributed by atoms with Gasteiger partial charge >= 0.3 is 0 Å². The monoisotopic (exact) mass is 472 g/mol. The van der Waals surface area contributed by atoms with Crippen LogP contribution in [0.15, 0.2) is 118 Å². The fraction of sp³-hybridized carbons (Fsp3) is 0.0385. The van der Waals surface area contributed by atoms with Crippen molar-refractivity contribution in [1.82, 2.24) is 0 Å². The number of nitrogens with zero attached hydrogens (tertiary/aromatic N) is 1. The lowest BCUT2D eigenvalue weighted by molar-refractivity contribution is -0.114. The van der Waals surface area contributed by atoms with Crippen LogP contribution in [-0.4, -0.2) is 20.9 Å². The number of fused-ring (bicyclic) bond motifs is 3. The molecule has 1 aliphatic rings. The van der Waals surface area contributed by atoms with Gasteiger partial charge in [-0.2, -0.15) is 0 Å². The lowest BCUT2D eigenvalue weighted by atomic mass is 10.0. The largest absolute Gasteiger partial charge is 0.323 e. The van der Waals surface area contributed by atoms with E-state index in [4.69, 9.17) is 0 Å². The minimum atomic E-state index is -3.87. The van der Waals surface area contributed by atoms with Gasteiger partial charge in [-0.1, -0.05) is 78.5 Å². The second-order valence-corrected chi connectivity index (χ2v) is 10.4. The van der Waals surface area contributed by atoms with Gasteiger partial charge in [0, 0.05) is 20.9 Å². The molecule has 5 nitrogen and oxygen atoms in total. The van der Waals surface area contributed by atoms with Crippen molar-refractivity contribution >= 4 is 39.1 Å². The normalized spacial score (nSPS) is 13.6. The molecule has 0 aliphatic carbocycles. The van der Waals surface area contributed by atoms with E-state index >= 15 is 0 Å². The number of amides is 1. The van der Waals surface area contributed by atoms with Gasteiger partial charge in [-0.25, -0.2) is 8.42 Å². The van der Waals surface area contributed by atoms with Gasteiger partial charge in [-0.05, 0) is 36.4 Å². The van der Waals surface area contributed by atoms with Gasteiger partial charge in [-0.15, -0.1) is 0 Å². The van der Waals surface area contributed by atoms with E-state index in [9.17, 15) is 13.2 Å². The molecule has 0 unspecified atom stereocenters. The zero-order chi connectivity index (χ0) is 22.8. The minimum absolute atomic E-state index is 0.205. The van der Waals surface area contributed by atoms with E-state index in [2.05, 4.69) is 5.32 Å². The molecule has 0 aromatic heterocycles. The highest BCUT2D eigenvalue weighted by Crippen LogP contribution is 2.42. The highest BCUT2D eigenvalue weighted by molar-refractivity contribution is 7.99. The van der Waals surface area contributed by atoms with Crippen molar-refractivity contribution in [2.45, 2.75) is 14.7 Å². The molecule has 1 heterocycles. The summed E-state index contributed by atoms with van der Waals surface area (Å²) >= 11 is 1.53. The third-order valence-electron chi connectivity index (χ3n) is 5.34. The van der Waals surface area contributed by atoms with Crippen molar-refractivity contribution in [2.75, 3.05) is 16.2 Å². The van der Waals surface area contributed by atoms with Crippen molar-refractivity contribution < 1.29 is 13.2 Å². The zero-order valence-corrected chi connectivity index (χ0v) is 19.1. The Kier molecular flexibility index (Phi) is 5.66. The molecule has 1 N–H and O–H groups in total. The number of rotatable bonds is 5. The van der Waals surface area contributed by atoms with E-state index in [1.807, 2.05) is 72.8 Å². The van der Waals surface area contributed by atoms with Gasteiger partial charge in [0.2, 0.25) is 5.91 Å². The van der Waals surface area contributed by atoms with E-state index in [1.54, 1.807) is 30.3 Å². The number of carbonyl (C=O) groups is 1. The number of sulfonamides is 1. The number of anilines is 2. The molecule has 0 spiro atoms. The molecule has 4 aromatic carbocycles.